The summed E-state index contributed by atoms with van der Waals surface area (Å²) in [5.41, 5.74) is 0.881. The summed E-state index contributed by atoms with van der Waals surface area (Å²) >= 11 is 0. The van der Waals surface area contributed by atoms with Gasteiger partial charge in [-0.3, -0.25) is 0 Å². The van der Waals surface area contributed by atoms with Crippen molar-refractivity contribution in [2.45, 2.75) is 58.7 Å². The molecule has 1 aliphatic rings. The highest BCUT2D eigenvalue weighted by molar-refractivity contribution is 5.74. The van der Waals surface area contributed by atoms with Gasteiger partial charge in [0.05, 0.1) is 18.3 Å². The van der Waals surface area contributed by atoms with Gasteiger partial charge in [0, 0.05) is 31.8 Å². The summed E-state index contributed by atoms with van der Waals surface area (Å²) in [5.74, 6) is 0.711. The molecule has 1 aromatic heterocycles. The van der Waals surface area contributed by atoms with Crippen molar-refractivity contribution in [2.75, 3.05) is 14.2 Å². The quantitative estimate of drug-likeness (QED) is 0.874. The molecule has 1 fully saturated rings. The van der Waals surface area contributed by atoms with Gasteiger partial charge in [0.1, 0.15) is 5.82 Å². The summed E-state index contributed by atoms with van der Waals surface area (Å²) in [6, 6.07) is 1.97. The van der Waals surface area contributed by atoms with Gasteiger partial charge in [-0.25, -0.2) is 14.8 Å². The molecule has 0 radical (unpaired) electrons. The number of aryl methyl sites for hydroxylation is 1. The molecule has 23 heavy (non-hydrogen) atoms. The highest BCUT2D eigenvalue weighted by Crippen LogP contribution is 2.50. The van der Waals surface area contributed by atoms with Crippen LogP contribution >= 0.6 is 0 Å². The standard InChI is InChI=1S/C17H28N4O2/c1-6-17(7-2)14(10-15(17)23-5)21(4)16(22)19-11-13-8-9-18-12(3)20-13/h8-9,14-15H,6-7,10-11H2,1-5H3,(H,19,22). The Kier molecular flexibility index (Phi) is 5.57. The molecular formula is C17H28N4O2. The van der Waals surface area contributed by atoms with Crippen LogP contribution in [-0.2, 0) is 11.3 Å². The molecule has 0 aromatic carbocycles. The normalized spacial score (nSPS) is 22.3. The van der Waals surface area contributed by atoms with Crippen LogP contribution in [0.25, 0.3) is 0 Å². The molecule has 0 saturated heterocycles. The average Bonchev–Trinajstić information content (AvgIpc) is 2.53. The lowest BCUT2D eigenvalue weighted by Gasteiger charge is -2.57. The highest BCUT2D eigenvalue weighted by atomic mass is 16.5. The van der Waals surface area contributed by atoms with Crippen molar-refractivity contribution in [2.24, 2.45) is 5.41 Å². The predicted octanol–water partition coefficient (Wildman–Crippen LogP) is 2.52. The second-order valence-corrected chi connectivity index (χ2v) is 6.28. The maximum Gasteiger partial charge on any atom is 0.317 e. The number of aromatic nitrogens is 2. The van der Waals surface area contributed by atoms with Gasteiger partial charge >= 0.3 is 6.03 Å². The Morgan fingerprint density at radius 3 is 2.74 bits per heavy atom. The van der Waals surface area contributed by atoms with Crippen LogP contribution in [0.5, 0.6) is 0 Å². The van der Waals surface area contributed by atoms with Crippen LogP contribution in [0.3, 0.4) is 0 Å². The first kappa shape index (κ1) is 17.7. The Hall–Kier alpha value is -1.69. The number of carbonyl (C=O) groups excluding carboxylic acids is 1. The van der Waals surface area contributed by atoms with Crippen molar-refractivity contribution in [3.63, 3.8) is 0 Å². The molecule has 6 nitrogen and oxygen atoms in total. The van der Waals surface area contributed by atoms with E-state index in [1.54, 1.807) is 13.3 Å². The molecule has 6 heteroatoms. The third-order valence-corrected chi connectivity index (χ3v) is 5.39. The molecule has 0 bridgehead atoms. The minimum absolute atomic E-state index is 0.0619. The zero-order valence-electron chi connectivity index (χ0n) is 14.8. The SMILES string of the molecule is CCC1(CC)C(OC)CC1N(C)C(=O)NCc1ccnc(C)n1. The van der Waals surface area contributed by atoms with E-state index in [-0.39, 0.29) is 23.6 Å². The monoisotopic (exact) mass is 320 g/mol. The number of urea groups is 1. The molecule has 2 unspecified atom stereocenters. The van der Waals surface area contributed by atoms with Crippen molar-refractivity contribution in [1.29, 1.82) is 0 Å². The first-order chi connectivity index (χ1) is 11.0. The van der Waals surface area contributed by atoms with E-state index in [1.165, 1.54) is 0 Å². The van der Waals surface area contributed by atoms with E-state index < -0.39 is 0 Å². The summed E-state index contributed by atoms with van der Waals surface area (Å²) in [5, 5.41) is 2.95. The Balaban J connectivity index is 1.97. The molecule has 0 spiro atoms. The first-order valence-corrected chi connectivity index (χ1v) is 8.30. The van der Waals surface area contributed by atoms with E-state index in [4.69, 9.17) is 4.74 Å². The number of hydrogen-bond donors (Lipinski definition) is 1. The molecule has 1 N–H and O–H groups in total. The van der Waals surface area contributed by atoms with Crippen LogP contribution in [-0.4, -0.2) is 47.2 Å². The number of hydrogen-bond acceptors (Lipinski definition) is 4. The van der Waals surface area contributed by atoms with Crippen molar-refractivity contribution >= 4 is 6.03 Å². The molecule has 0 aliphatic heterocycles. The number of ether oxygens (including phenoxy) is 1. The average molecular weight is 320 g/mol. The highest BCUT2D eigenvalue weighted by Gasteiger charge is 2.55. The zero-order valence-corrected chi connectivity index (χ0v) is 14.8. The van der Waals surface area contributed by atoms with Gasteiger partial charge in [0.25, 0.3) is 0 Å². The van der Waals surface area contributed by atoms with E-state index in [9.17, 15) is 4.79 Å². The van der Waals surface area contributed by atoms with Crippen molar-refractivity contribution in [3.8, 4) is 0 Å². The first-order valence-electron chi connectivity index (χ1n) is 8.30. The largest absolute Gasteiger partial charge is 0.381 e. The molecule has 1 aliphatic carbocycles. The second-order valence-electron chi connectivity index (χ2n) is 6.28. The van der Waals surface area contributed by atoms with Gasteiger partial charge in [-0.15, -0.1) is 0 Å². The van der Waals surface area contributed by atoms with Gasteiger partial charge in [-0.2, -0.15) is 0 Å². The molecule has 2 amide bonds. The lowest BCUT2D eigenvalue weighted by molar-refractivity contribution is -0.146. The lowest BCUT2D eigenvalue weighted by Crippen LogP contribution is -2.65. The zero-order chi connectivity index (χ0) is 17.0. The maximum atomic E-state index is 12.5. The number of carbonyl (C=O) groups is 1. The summed E-state index contributed by atoms with van der Waals surface area (Å²) in [6.07, 6.45) is 4.86. The van der Waals surface area contributed by atoms with Gasteiger partial charge in [0.15, 0.2) is 0 Å². The molecule has 128 valence electrons. The molecule has 2 atom stereocenters. The van der Waals surface area contributed by atoms with Crippen LogP contribution in [0.4, 0.5) is 4.79 Å². The van der Waals surface area contributed by atoms with E-state index in [1.807, 2.05) is 24.9 Å². The molecule has 2 rings (SSSR count). The molecule has 1 aromatic rings. The van der Waals surface area contributed by atoms with Gasteiger partial charge in [-0.1, -0.05) is 13.8 Å². The number of rotatable bonds is 6. The Morgan fingerprint density at radius 1 is 1.48 bits per heavy atom. The number of nitrogens with one attached hydrogen (secondary N) is 1. The second kappa shape index (κ2) is 7.25. The van der Waals surface area contributed by atoms with Crippen molar-refractivity contribution in [3.05, 3.63) is 23.8 Å². The summed E-state index contributed by atoms with van der Waals surface area (Å²) in [7, 11) is 3.63. The maximum absolute atomic E-state index is 12.5. The van der Waals surface area contributed by atoms with Crippen LogP contribution in [0.1, 0.15) is 44.6 Å². The van der Waals surface area contributed by atoms with Crippen molar-refractivity contribution in [1.82, 2.24) is 20.2 Å². The van der Waals surface area contributed by atoms with Gasteiger partial charge in [0.2, 0.25) is 0 Å². The van der Waals surface area contributed by atoms with Crippen molar-refractivity contribution < 1.29 is 9.53 Å². The van der Waals surface area contributed by atoms with Gasteiger partial charge in [-0.05, 0) is 32.3 Å². The Bertz CT molecular complexity index is 545. The third-order valence-electron chi connectivity index (χ3n) is 5.39. The van der Waals surface area contributed by atoms with E-state index >= 15 is 0 Å². The van der Waals surface area contributed by atoms with Crippen LogP contribution in [0.2, 0.25) is 0 Å². The minimum atomic E-state index is -0.0629. The van der Waals surface area contributed by atoms with E-state index in [2.05, 4.69) is 29.1 Å². The fourth-order valence-corrected chi connectivity index (χ4v) is 3.81. The molecular weight excluding hydrogens is 292 g/mol. The molecule has 1 saturated carbocycles. The minimum Gasteiger partial charge on any atom is -0.381 e. The third kappa shape index (κ3) is 3.32. The van der Waals surface area contributed by atoms with Crippen LogP contribution < -0.4 is 5.32 Å². The molecule has 1 heterocycles. The van der Waals surface area contributed by atoms with E-state index in [0.717, 1.165) is 25.0 Å². The summed E-state index contributed by atoms with van der Waals surface area (Å²) < 4.78 is 5.61. The van der Waals surface area contributed by atoms with Crippen LogP contribution in [0, 0.1) is 12.3 Å². The predicted molar refractivity (Wildman–Crippen MR) is 89.0 cm³/mol. The summed E-state index contributed by atoms with van der Waals surface area (Å²) in [6.45, 7) is 6.61. The number of amides is 2. The number of nitrogens with zero attached hydrogens (tertiary/aromatic N) is 3. The fourth-order valence-electron chi connectivity index (χ4n) is 3.81. The fraction of sp³-hybridized carbons (Fsp3) is 0.706. The Morgan fingerprint density at radius 2 is 2.17 bits per heavy atom. The smallest absolute Gasteiger partial charge is 0.317 e. The summed E-state index contributed by atoms with van der Waals surface area (Å²) in [4.78, 5) is 22.7. The van der Waals surface area contributed by atoms with Crippen LogP contribution in [0.15, 0.2) is 12.3 Å². The lowest BCUT2D eigenvalue weighted by atomic mass is 9.58. The topological polar surface area (TPSA) is 67.3 Å². The number of methoxy groups -OCH3 is 1. The van der Waals surface area contributed by atoms with Gasteiger partial charge < -0.3 is 15.0 Å². The Labute approximate surface area is 138 Å². The van der Waals surface area contributed by atoms with E-state index in [0.29, 0.717) is 12.4 Å².